The van der Waals surface area contributed by atoms with Crippen LogP contribution in [-0.2, 0) is 9.53 Å². The maximum absolute atomic E-state index is 11.0. The lowest BCUT2D eigenvalue weighted by atomic mass is 10.4. The van der Waals surface area contributed by atoms with Crippen LogP contribution in [0.5, 0.6) is 0 Å². The molecule has 0 saturated heterocycles. The van der Waals surface area contributed by atoms with Crippen molar-refractivity contribution in [2.24, 2.45) is 0 Å². The monoisotopic (exact) mass is 263 g/mol. The van der Waals surface area contributed by atoms with Gasteiger partial charge in [0, 0.05) is 17.6 Å². The minimum Gasteiger partial charge on any atom is -0.468 e. The topological polar surface area (TPSA) is 38.3 Å². The van der Waals surface area contributed by atoms with Crippen LogP contribution in [0, 0.1) is 0 Å². The largest absolute Gasteiger partial charge is 0.468 e. The first-order valence-corrected chi connectivity index (χ1v) is 5.58. The molecule has 1 aromatic rings. The summed E-state index contributed by atoms with van der Waals surface area (Å²) in [6, 6.07) is 1.96. The van der Waals surface area contributed by atoms with Crippen LogP contribution in [0.15, 0.2) is 16.8 Å². The number of methoxy groups -OCH3 is 1. The van der Waals surface area contributed by atoms with Gasteiger partial charge < -0.3 is 10.1 Å². The Balaban J connectivity index is 2.30. The van der Waals surface area contributed by atoms with Gasteiger partial charge in [-0.25, -0.2) is 0 Å². The molecule has 72 valence electrons. The Morgan fingerprint density at radius 3 is 3.15 bits per heavy atom. The summed E-state index contributed by atoms with van der Waals surface area (Å²) in [6.07, 6.45) is 0. The number of carbonyl (C=O) groups is 1. The average Bonchev–Trinajstić information content (AvgIpc) is 2.65. The second kappa shape index (κ2) is 5.24. The van der Waals surface area contributed by atoms with Crippen LogP contribution in [0.3, 0.4) is 0 Å². The van der Waals surface area contributed by atoms with E-state index in [1.807, 2.05) is 16.8 Å². The molecule has 0 aliphatic rings. The van der Waals surface area contributed by atoms with Crippen molar-refractivity contribution in [3.8, 4) is 0 Å². The highest BCUT2D eigenvalue weighted by molar-refractivity contribution is 9.10. The summed E-state index contributed by atoms with van der Waals surface area (Å²) in [5.74, 6) is -0.261. The number of halogens is 1. The number of rotatable bonds is 4. The Hall–Kier alpha value is -0.550. The van der Waals surface area contributed by atoms with Gasteiger partial charge in [0.25, 0.3) is 0 Å². The van der Waals surface area contributed by atoms with E-state index in [-0.39, 0.29) is 10.8 Å². The highest BCUT2D eigenvalue weighted by Crippen LogP contribution is 2.12. The van der Waals surface area contributed by atoms with Crippen LogP contribution < -0.4 is 5.32 Å². The molecule has 0 aliphatic heterocycles. The summed E-state index contributed by atoms with van der Waals surface area (Å²) < 4.78 is 4.56. The maximum Gasteiger partial charge on any atom is 0.321 e. The Bertz CT molecular complexity index is 263. The van der Waals surface area contributed by atoms with Crippen LogP contribution >= 0.6 is 27.3 Å². The molecule has 1 rings (SSSR count). The van der Waals surface area contributed by atoms with Gasteiger partial charge in [-0.15, -0.1) is 0 Å². The zero-order valence-corrected chi connectivity index (χ0v) is 9.52. The third-order valence-electron chi connectivity index (χ3n) is 1.46. The van der Waals surface area contributed by atoms with Crippen molar-refractivity contribution in [2.45, 2.75) is 4.83 Å². The second-order valence-corrected chi connectivity index (χ2v) is 4.27. The summed E-state index contributed by atoms with van der Waals surface area (Å²) in [5, 5.41) is 7.06. The quantitative estimate of drug-likeness (QED) is 0.668. The van der Waals surface area contributed by atoms with E-state index in [0.717, 1.165) is 5.69 Å². The van der Waals surface area contributed by atoms with Gasteiger partial charge in [0.05, 0.1) is 7.11 Å². The average molecular weight is 264 g/mol. The molecule has 1 N–H and O–H groups in total. The predicted molar refractivity (Wildman–Crippen MR) is 57.5 cm³/mol. The third kappa shape index (κ3) is 3.36. The molecule has 0 radical (unpaired) electrons. The lowest BCUT2D eigenvalue weighted by Gasteiger charge is -2.08. The predicted octanol–water partition coefficient (Wildman–Crippen LogP) is 2.10. The zero-order chi connectivity index (χ0) is 9.68. The van der Waals surface area contributed by atoms with E-state index in [2.05, 4.69) is 26.0 Å². The molecule has 0 amide bonds. The molecule has 0 saturated carbocycles. The molecule has 0 aliphatic carbocycles. The summed E-state index contributed by atoms with van der Waals surface area (Å²) >= 11 is 4.83. The van der Waals surface area contributed by atoms with Crippen molar-refractivity contribution in [3.63, 3.8) is 0 Å². The van der Waals surface area contributed by atoms with E-state index in [1.54, 1.807) is 11.3 Å². The van der Waals surface area contributed by atoms with E-state index in [1.165, 1.54) is 7.11 Å². The standard InChI is InChI=1S/C8H10BrNO2S/c1-12-8(11)7(9)4-10-6-2-3-13-5-6/h2-3,5,7,10H,4H2,1H3. The van der Waals surface area contributed by atoms with Crippen LogP contribution in [0.4, 0.5) is 5.69 Å². The van der Waals surface area contributed by atoms with Crippen molar-refractivity contribution < 1.29 is 9.53 Å². The molecule has 1 atom stereocenters. The number of anilines is 1. The normalized spacial score (nSPS) is 12.2. The van der Waals surface area contributed by atoms with Crippen molar-refractivity contribution in [1.82, 2.24) is 0 Å². The van der Waals surface area contributed by atoms with Gasteiger partial charge in [-0.1, -0.05) is 15.9 Å². The molecule has 0 spiro atoms. The van der Waals surface area contributed by atoms with E-state index in [4.69, 9.17) is 0 Å². The number of esters is 1. The van der Waals surface area contributed by atoms with E-state index in [9.17, 15) is 4.79 Å². The van der Waals surface area contributed by atoms with E-state index >= 15 is 0 Å². The van der Waals surface area contributed by atoms with Crippen LogP contribution in [-0.4, -0.2) is 24.5 Å². The van der Waals surface area contributed by atoms with Gasteiger partial charge in [0.1, 0.15) is 4.83 Å². The lowest BCUT2D eigenvalue weighted by Crippen LogP contribution is -2.24. The van der Waals surface area contributed by atoms with Crippen molar-refractivity contribution >= 4 is 38.9 Å². The molecule has 13 heavy (non-hydrogen) atoms. The van der Waals surface area contributed by atoms with Gasteiger partial charge in [-0.05, 0) is 11.4 Å². The highest BCUT2D eigenvalue weighted by atomic mass is 79.9. The van der Waals surface area contributed by atoms with Crippen LogP contribution in [0.1, 0.15) is 0 Å². The number of ether oxygens (including phenoxy) is 1. The van der Waals surface area contributed by atoms with Crippen molar-refractivity contribution in [2.75, 3.05) is 19.0 Å². The molecule has 0 fully saturated rings. The fraction of sp³-hybridized carbons (Fsp3) is 0.375. The summed E-state index contributed by atoms with van der Waals surface area (Å²) in [7, 11) is 1.38. The van der Waals surface area contributed by atoms with Crippen molar-refractivity contribution in [3.05, 3.63) is 16.8 Å². The molecule has 3 nitrogen and oxygen atoms in total. The number of nitrogens with one attached hydrogen (secondary N) is 1. The number of alkyl halides is 1. The molecule has 5 heteroatoms. The molecular weight excluding hydrogens is 254 g/mol. The van der Waals surface area contributed by atoms with E-state index < -0.39 is 0 Å². The SMILES string of the molecule is COC(=O)C(Br)CNc1ccsc1. The first kappa shape index (κ1) is 10.5. The van der Waals surface area contributed by atoms with Crippen LogP contribution in [0.2, 0.25) is 0 Å². The lowest BCUT2D eigenvalue weighted by molar-refractivity contribution is -0.139. The Morgan fingerprint density at radius 2 is 2.62 bits per heavy atom. The Kier molecular flexibility index (Phi) is 4.24. The molecular formula is C8H10BrNO2S. The van der Waals surface area contributed by atoms with Gasteiger partial charge in [-0.3, -0.25) is 4.79 Å². The zero-order valence-electron chi connectivity index (χ0n) is 7.12. The first-order valence-electron chi connectivity index (χ1n) is 3.72. The third-order valence-corrected chi connectivity index (χ3v) is 2.84. The molecule has 1 heterocycles. The second-order valence-electron chi connectivity index (χ2n) is 2.38. The summed E-state index contributed by atoms with van der Waals surface area (Å²) in [5.41, 5.74) is 1.03. The summed E-state index contributed by atoms with van der Waals surface area (Å²) in [4.78, 5) is 10.7. The molecule has 1 aromatic heterocycles. The van der Waals surface area contributed by atoms with Gasteiger partial charge >= 0.3 is 5.97 Å². The van der Waals surface area contributed by atoms with Crippen LogP contribution in [0.25, 0.3) is 0 Å². The maximum atomic E-state index is 11.0. The van der Waals surface area contributed by atoms with Crippen molar-refractivity contribution in [1.29, 1.82) is 0 Å². The Morgan fingerprint density at radius 1 is 1.85 bits per heavy atom. The minimum atomic E-state index is -0.294. The van der Waals surface area contributed by atoms with Gasteiger partial charge in [0.15, 0.2) is 0 Å². The fourth-order valence-electron chi connectivity index (χ4n) is 0.784. The van der Waals surface area contributed by atoms with E-state index in [0.29, 0.717) is 6.54 Å². The molecule has 1 unspecified atom stereocenters. The minimum absolute atomic E-state index is 0.261. The number of thiophene rings is 1. The summed E-state index contributed by atoms with van der Waals surface area (Å²) in [6.45, 7) is 0.531. The highest BCUT2D eigenvalue weighted by Gasteiger charge is 2.14. The molecule has 0 aromatic carbocycles. The smallest absolute Gasteiger partial charge is 0.321 e. The molecule has 0 bridgehead atoms. The van der Waals surface area contributed by atoms with Gasteiger partial charge in [0.2, 0.25) is 0 Å². The number of hydrogen-bond donors (Lipinski definition) is 1. The fourth-order valence-corrected chi connectivity index (χ4v) is 1.74. The number of carbonyl (C=O) groups excluding carboxylic acids is 1. The Labute approximate surface area is 89.2 Å². The first-order chi connectivity index (χ1) is 6.24. The van der Waals surface area contributed by atoms with Gasteiger partial charge in [-0.2, -0.15) is 11.3 Å². The number of hydrogen-bond acceptors (Lipinski definition) is 4.